The summed E-state index contributed by atoms with van der Waals surface area (Å²) in [5.74, 6) is 0. The summed E-state index contributed by atoms with van der Waals surface area (Å²) < 4.78 is 9.56. The van der Waals surface area contributed by atoms with Crippen molar-refractivity contribution in [2.24, 2.45) is 0 Å². The molecule has 0 saturated heterocycles. The van der Waals surface area contributed by atoms with Gasteiger partial charge < -0.3 is 13.9 Å². The van der Waals surface area contributed by atoms with Gasteiger partial charge in [0.25, 0.3) is 0 Å². The number of furan rings is 1. The normalized spacial score (nSPS) is 11.5. The summed E-state index contributed by atoms with van der Waals surface area (Å²) in [6, 6.07) is 95.9. The number of nitrogens with zero attached hydrogens (tertiary/aromatic N) is 2. The molecule has 11 aromatic carbocycles. The van der Waals surface area contributed by atoms with Crippen LogP contribution in [0, 0.1) is 0 Å². The van der Waals surface area contributed by atoms with E-state index in [1.165, 1.54) is 38.5 Å². The zero-order valence-electron chi connectivity index (χ0n) is 37.7. The lowest BCUT2D eigenvalue weighted by atomic mass is 9.93. The molecule has 13 aromatic rings. The molecule has 3 heteroatoms. The zero-order chi connectivity index (χ0) is 45.7. The Morgan fingerprint density at radius 1 is 0.275 bits per heavy atom. The third-order valence-electron chi connectivity index (χ3n) is 13.6. The molecule has 0 amide bonds. The number of hydrogen-bond acceptors (Lipinski definition) is 2. The minimum Gasteiger partial charge on any atom is -0.455 e. The first-order valence-electron chi connectivity index (χ1n) is 23.6. The number of rotatable bonds is 9. The predicted octanol–water partition coefficient (Wildman–Crippen LogP) is 18.5. The van der Waals surface area contributed by atoms with E-state index < -0.39 is 0 Å². The van der Waals surface area contributed by atoms with Crippen molar-refractivity contribution >= 4 is 60.8 Å². The van der Waals surface area contributed by atoms with Crippen LogP contribution in [0.4, 0.5) is 17.1 Å². The standard InChI is InChI=1S/C66H44N2O/c1-5-17-45(18-6-1)47-31-37-53(38-32-47)67(54-39-33-48(34-40-54)46-19-7-2-8-20-46)55-41-35-49(36-42-55)51-43-60(66-61(44-51)58-28-15-26-56(65(58)69-66)50-21-9-3-10-22-50)57-27-16-30-63-64(57)59-25-13-14-29-62(59)68(63)52-23-11-4-12-24-52/h1-44H. The summed E-state index contributed by atoms with van der Waals surface area (Å²) >= 11 is 0. The maximum absolute atomic E-state index is 7.18. The van der Waals surface area contributed by atoms with E-state index in [9.17, 15) is 0 Å². The molecular weight excluding hydrogens is 837 g/mol. The first kappa shape index (κ1) is 40.1. The molecule has 2 aromatic heterocycles. The molecule has 0 aliphatic carbocycles. The Labute approximate surface area is 401 Å². The van der Waals surface area contributed by atoms with Gasteiger partial charge in [-0.3, -0.25) is 0 Å². The molecule has 2 heterocycles. The van der Waals surface area contributed by atoms with E-state index in [4.69, 9.17) is 4.42 Å². The van der Waals surface area contributed by atoms with Gasteiger partial charge in [-0.05, 0) is 117 Å². The summed E-state index contributed by atoms with van der Waals surface area (Å²) in [7, 11) is 0. The van der Waals surface area contributed by atoms with E-state index in [-0.39, 0.29) is 0 Å². The van der Waals surface area contributed by atoms with Crippen molar-refractivity contribution in [3.63, 3.8) is 0 Å². The SMILES string of the molecule is c1ccc(-c2ccc(N(c3ccc(-c4ccccc4)cc3)c3ccc(-c4cc(-c5cccc6c5c5ccccc5n6-c5ccccc5)c5oc6c(-c7ccccc7)cccc6c5c4)cc3)cc2)cc1. The van der Waals surface area contributed by atoms with Crippen LogP contribution in [0.2, 0.25) is 0 Å². The van der Waals surface area contributed by atoms with Crippen LogP contribution in [0.5, 0.6) is 0 Å². The van der Waals surface area contributed by atoms with E-state index in [2.05, 4.69) is 276 Å². The van der Waals surface area contributed by atoms with Gasteiger partial charge in [0.15, 0.2) is 0 Å². The second kappa shape index (κ2) is 16.9. The van der Waals surface area contributed by atoms with Gasteiger partial charge in [-0.1, -0.05) is 194 Å². The van der Waals surface area contributed by atoms with Gasteiger partial charge in [0.05, 0.1) is 11.0 Å². The number of benzene rings is 11. The Morgan fingerprint density at radius 3 is 1.30 bits per heavy atom. The van der Waals surface area contributed by atoms with Crippen molar-refractivity contribution in [3.05, 3.63) is 267 Å². The van der Waals surface area contributed by atoms with E-state index in [1.807, 2.05) is 0 Å². The molecule has 0 spiro atoms. The van der Waals surface area contributed by atoms with Gasteiger partial charge in [-0.2, -0.15) is 0 Å². The molecule has 0 unspecified atom stereocenters. The van der Waals surface area contributed by atoms with E-state index in [0.717, 1.165) is 83.6 Å². The van der Waals surface area contributed by atoms with Crippen LogP contribution >= 0.6 is 0 Å². The molecular formula is C66H44N2O. The maximum atomic E-state index is 7.18. The molecule has 0 bridgehead atoms. The number of fused-ring (bicyclic) bond motifs is 6. The highest BCUT2D eigenvalue weighted by atomic mass is 16.3. The maximum Gasteiger partial charge on any atom is 0.143 e. The van der Waals surface area contributed by atoms with Gasteiger partial charge in [0.1, 0.15) is 11.2 Å². The Kier molecular flexibility index (Phi) is 9.84. The van der Waals surface area contributed by atoms with Crippen LogP contribution in [-0.2, 0) is 0 Å². The van der Waals surface area contributed by atoms with Crippen molar-refractivity contribution in [3.8, 4) is 61.3 Å². The Hall–Kier alpha value is -9.18. The molecule has 69 heavy (non-hydrogen) atoms. The smallest absolute Gasteiger partial charge is 0.143 e. The molecule has 0 N–H and O–H groups in total. The highest BCUT2D eigenvalue weighted by Gasteiger charge is 2.22. The van der Waals surface area contributed by atoms with Crippen LogP contribution < -0.4 is 4.90 Å². The van der Waals surface area contributed by atoms with Crippen LogP contribution in [0.3, 0.4) is 0 Å². The lowest BCUT2D eigenvalue weighted by Crippen LogP contribution is -2.09. The molecule has 3 nitrogen and oxygen atoms in total. The minimum atomic E-state index is 0.877. The third-order valence-corrected chi connectivity index (χ3v) is 13.6. The Bertz CT molecular complexity index is 3870. The molecule has 0 aliphatic heterocycles. The van der Waals surface area contributed by atoms with Crippen LogP contribution in [0.25, 0.3) is 105 Å². The largest absolute Gasteiger partial charge is 0.455 e. The van der Waals surface area contributed by atoms with Gasteiger partial charge in [-0.15, -0.1) is 0 Å². The van der Waals surface area contributed by atoms with Gasteiger partial charge in [0.2, 0.25) is 0 Å². The molecule has 324 valence electrons. The summed E-state index contributed by atoms with van der Waals surface area (Å²) in [5, 5.41) is 4.57. The molecule has 0 fully saturated rings. The lowest BCUT2D eigenvalue weighted by molar-refractivity contribution is 0.671. The average Bonchev–Trinajstić information content (AvgIpc) is 3.99. The fraction of sp³-hybridized carbons (Fsp3) is 0. The monoisotopic (exact) mass is 880 g/mol. The number of aromatic nitrogens is 1. The predicted molar refractivity (Wildman–Crippen MR) is 290 cm³/mol. The second-order valence-electron chi connectivity index (χ2n) is 17.6. The molecule has 0 aliphatic rings. The van der Waals surface area contributed by atoms with E-state index in [1.54, 1.807) is 0 Å². The zero-order valence-corrected chi connectivity index (χ0v) is 37.7. The van der Waals surface area contributed by atoms with Gasteiger partial charge in [-0.25, -0.2) is 0 Å². The first-order chi connectivity index (χ1) is 34.2. The van der Waals surface area contributed by atoms with Crippen LogP contribution in [-0.4, -0.2) is 4.57 Å². The summed E-state index contributed by atoms with van der Waals surface area (Å²) in [6.07, 6.45) is 0. The number of anilines is 3. The highest BCUT2D eigenvalue weighted by Crippen LogP contribution is 2.47. The fourth-order valence-electron chi connectivity index (χ4n) is 10.3. The molecule has 0 saturated carbocycles. The highest BCUT2D eigenvalue weighted by molar-refractivity contribution is 6.20. The van der Waals surface area contributed by atoms with Crippen LogP contribution in [0.15, 0.2) is 271 Å². The van der Waals surface area contributed by atoms with Crippen molar-refractivity contribution in [2.75, 3.05) is 4.90 Å². The second-order valence-corrected chi connectivity index (χ2v) is 17.6. The van der Waals surface area contributed by atoms with Crippen LogP contribution in [0.1, 0.15) is 0 Å². The average molecular weight is 881 g/mol. The van der Waals surface area contributed by atoms with Crippen molar-refractivity contribution in [2.45, 2.75) is 0 Å². The first-order valence-corrected chi connectivity index (χ1v) is 23.6. The number of hydrogen-bond donors (Lipinski definition) is 0. The van der Waals surface area contributed by atoms with Crippen molar-refractivity contribution < 1.29 is 4.42 Å². The van der Waals surface area contributed by atoms with Gasteiger partial charge in [0, 0.05) is 55.4 Å². The molecule has 0 radical (unpaired) electrons. The van der Waals surface area contributed by atoms with E-state index >= 15 is 0 Å². The fourth-order valence-corrected chi connectivity index (χ4v) is 10.3. The topological polar surface area (TPSA) is 21.3 Å². The summed E-state index contributed by atoms with van der Waals surface area (Å²) in [4.78, 5) is 2.35. The van der Waals surface area contributed by atoms with E-state index in [0.29, 0.717) is 0 Å². The minimum absolute atomic E-state index is 0.877. The molecule has 13 rings (SSSR count). The Morgan fingerprint density at radius 2 is 0.710 bits per heavy atom. The lowest BCUT2D eigenvalue weighted by Gasteiger charge is -2.26. The Balaban J connectivity index is 0.987. The summed E-state index contributed by atoms with van der Waals surface area (Å²) in [5.41, 5.74) is 19.8. The van der Waals surface area contributed by atoms with Crippen molar-refractivity contribution in [1.82, 2.24) is 4.57 Å². The van der Waals surface area contributed by atoms with Crippen molar-refractivity contribution in [1.29, 1.82) is 0 Å². The third kappa shape index (κ3) is 7.08. The number of para-hydroxylation sites is 3. The molecule has 0 atom stereocenters. The quantitative estimate of drug-likeness (QED) is 0.144. The summed E-state index contributed by atoms with van der Waals surface area (Å²) in [6.45, 7) is 0. The van der Waals surface area contributed by atoms with Gasteiger partial charge >= 0.3 is 0 Å².